The topological polar surface area (TPSA) is 59.0 Å². The molecule has 23 heavy (non-hydrogen) atoms. The molecular formula is C20H26N2O. The number of nitriles is 1. The third-order valence-corrected chi connectivity index (χ3v) is 4.11. The van der Waals surface area contributed by atoms with Gasteiger partial charge < -0.3 is 4.74 Å². The zero-order chi connectivity index (χ0) is 16.5. The number of rotatable bonds is 7. The normalized spacial score (nSPS) is 25.4. The summed E-state index contributed by atoms with van der Waals surface area (Å²) < 4.78 is 5.92. The maximum atomic E-state index is 9.36. The average Bonchev–Trinajstić information content (AvgIpc) is 2.56. The van der Waals surface area contributed by atoms with Gasteiger partial charge in [0.25, 0.3) is 0 Å². The van der Waals surface area contributed by atoms with E-state index in [0.717, 1.165) is 17.6 Å². The number of allylic oxidation sites excluding steroid dienone is 1. The van der Waals surface area contributed by atoms with E-state index < -0.39 is 5.72 Å². The minimum absolute atomic E-state index is 0.226. The largest absolute Gasteiger partial charge is 0.357 e. The Labute approximate surface area is 139 Å². The number of ether oxygens (including phenoxy) is 1. The number of benzene rings is 1. The Balaban J connectivity index is 2.04. The fourth-order valence-corrected chi connectivity index (χ4v) is 2.79. The second-order valence-corrected chi connectivity index (χ2v) is 6.14. The van der Waals surface area contributed by atoms with Gasteiger partial charge in [0.2, 0.25) is 0 Å². The van der Waals surface area contributed by atoms with Gasteiger partial charge in [0.1, 0.15) is 5.72 Å². The van der Waals surface area contributed by atoms with Crippen LogP contribution in [-0.2, 0) is 4.74 Å². The zero-order valence-electron chi connectivity index (χ0n) is 13.9. The molecule has 3 heteroatoms. The van der Waals surface area contributed by atoms with Gasteiger partial charge in [-0.25, -0.2) is 0 Å². The number of nitrogens with zero attached hydrogens (tertiary/aromatic N) is 1. The van der Waals surface area contributed by atoms with Gasteiger partial charge in [-0.15, -0.1) is 0 Å². The van der Waals surface area contributed by atoms with Crippen molar-refractivity contribution in [3.63, 3.8) is 0 Å². The van der Waals surface area contributed by atoms with Crippen LogP contribution in [0.3, 0.4) is 0 Å². The van der Waals surface area contributed by atoms with Crippen molar-refractivity contribution < 1.29 is 4.74 Å². The molecular weight excluding hydrogens is 284 g/mol. The van der Waals surface area contributed by atoms with E-state index in [4.69, 9.17) is 10.5 Å². The van der Waals surface area contributed by atoms with Gasteiger partial charge >= 0.3 is 0 Å². The van der Waals surface area contributed by atoms with Crippen molar-refractivity contribution in [1.82, 2.24) is 0 Å². The highest BCUT2D eigenvalue weighted by molar-refractivity contribution is 5.56. The summed E-state index contributed by atoms with van der Waals surface area (Å²) in [6, 6.07) is 12.4. The SMILES string of the molecule is CCCCCCOC1(N)C=CC(C#N)C(=Cc2ccccc2)C1. The van der Waals surface area contributed by atoms with E-state index in [1.807, 2.05) is 42.5 Å². The van der Waals surface area contributed by atoms with Crippen LogP contribution in [0.15, 0.2) is 48.1 Å². The fraction of sp³-hybridized carbons (Fsp3) is 0.450. The van der Waals surface area contributed by atoms with Gasteiger partial charge in [-0.05, 0) is 23.6 Å². The van der Waals surface area contributed by atoms with Crippen molar-refractivity contribution in [1.29, 1.82) is 5.26 Å². The first-order valence-corrected chi connectivity index (χ1v) is 8.44. The lowest BCUT2D eigenvalue weighted by atomic mass is 9.85. The minimum atomic E-state index is -0.791. The third kappa shape index (κ3) is 5.35. The highest BCUT2D eigenvalue weighted by Crippen LogP contribution is 2.31. The summed E-state index contributed by atoms with van der Waals surface area (Å²) >= 11 is 0. The third-order valence-electron chi connectivity index (χ3n) is 4.11. The molecule has 0 heterocycles. The second-order valence-electron chi connectivity index (χ2n) is 6.14. The van der Waals surface area contributed by atoms with Crippen LogP contribution in [-0.4, -0.2) is 12.3 Å². The van der Waals surface area contributed by atoms with Gasteiger partial charge in [0.05, 0.1) is 12.0 Å². The maximum Gasteiger partial charge on any atom is 0.139 e. The Kier molecular flexibility index (Phi) is 6.58. The molecule has 0 spiro atoms. The monoisotopic (exact) mass is 310 g/mol. The summed E-state index contributed by atoms with van der Waals surface area (Å²) in [6.45, 7) is 2.86. The van der Waals surface area contributed by atoms with Crippen molar-refractivity contribution in [2.24, 2.45) is 11.7 Å². The highest BCUT2D eigenvalue weighted by Gasteiger charge is 2.31. The minimum Gasteiger partial charge on any atom is -0.357 e. The summed E-state index contributed by atoms with van der Waals surface area (Å²) in [5, 5.41) is 9.36. The number of unbranched alkanes of at least 4 members (excludes halogenated alkanes) is 3. The predicted molar refractivity (Wildman–Crippen MR) is 94.3 cm³/mol. The molecule has 122 valence electrons. The van der Waals surface area contributed by atoms with E-state index in [2.05, 4.69) is 19.1 Å². The van der Waals surface area contributed by atoms with Gasteiger partial charge in [0, 0.05) is 13.0 Å². The standard InChI is InChI=1S/C20H26N2O/c1-2-3-4-8-13-23-20(22)12-11-18(16-21)19(15-20)14-17-9-6-5-7-10-17/h5-7,9-12,14,18H,2-4,8,13,15,22H2,1H3. The maximum absolute atomic E-state index is 9.36. The Bertz CT molecular complexity index is 585. The molecule has 0 saturated carbocycles. The Morgan fingerprint density at radius 2 is 2.09 bits per heavy atom. The van der Waals surface area contributed by atoms with Crippen LogP contribution < -0.4 is 5.73 Å². The van der Waals surface area contributed by atoms with E-state index in [1.165, 1.54) is 19.3 Å². The lowest BCUT2D eigenvalue weighted by molar-refractivity contribution is -0.00851. The predicted octanol–water partition coefficient (Wildman–Crippen LogP) is 4.42. The molecule has 1 aromatic carbocycles. The van der Waals surface area contributed by atoms with E-state index in [9.17, 15) is 5.26 Å². The molecule has 0 aromatic heterocycles. The average molecular weight is 310 g/mol. The van der Waals surface area contributed by atoms with E-state index in [0.29, 0.717) is 13.0 Å². The molecule has 0 aliphatic heterocycles. The van der Waals surface area contributed by atoms with E-state index in [1.54, 1.807) is 0 Å². The number of nitrogens with two attached hydrogens (primary N) is 1. The van der Waals surface area contributed by atoms with Crippen LogP contribution in [0.4, 0.5) is 0 Å². The Morgan fingerprint density at radius 1 is 1.30 bits per heavy atom. The number of hydrogen-bond donors (Lipinski definition) is 1. The van der Waals surface area contributed by atoms with Crippen molar-refractivity contribution in [3.05, 3.63) is 53.6 Å². The van der Waals surface area contributed by atoms with Crippen LogP contribution in [0.2, 0.25) is 0 Å². The molecule has 2 N–H and O–H groups in total. The Hall–Kier alpha value is -1.89. The summed E-state index contributed by atoms with van der Waals surface area (Å²) in [6.07, 6.45) is 11.0. The Morgan fingerprint density at radius 3 is 2.78 bits per heavy atom. The summed E-state index contributed by atoms with van der Waals surface area (Å²) in [4.78, 5) is 0. The molecule has 0 amide bonds. The molecule has 1 aromatic rings. The first-order chi connectivity index (χ1) is 11.2. The van der Waals surface area contributed by atoms with Gasteiger partial charge in [0.15, 0.2) is 0 Å². The van der Waals surface area contributed by atoms with Crippen molar-refractivity contribution in [2.45, 2.75) is 44.8 Å². The van der Waals surface area contributed by atoms with E-state index >= 15 is 0 Å². The summed E-state index contributed by atoms with van der Waals surface area (Å²) in [7, 11) is 0. The summed E-state index contributed by atoms with van der Waals surface area (Å²) in [5.41, 5.74) is 7.68. The highest BCUT2D eigenvalue weighted by atomic mass is 16.5. The first kappa shape index (κ1) is 17.5. The van der Waals surface area contributed by atoms with Gasteiger partial charge in [-0.1, -0.05) is 68.7 Å². The molecule has 2 unspecified atom stereocenters. The van der Waals surface area contributed by atoms with E-state index in [-0.39, 0.29) is 5.92 Å². The molecule has 0 fully saturated rings. The molecule has 2 rings (SSSR count). The zero-order valence-corrected chi connectivity index (χ0v) is 13.9. The molecule has 0 bridgehead atoms. The molecule has 1 aliphatic carbocycles. The first-order valence-electron chi connectivity index (χ1n) is 8.44. The van der Waals surface area contributed by atoms with Crippen LogP contribution in [0, 0.1) is 17.2 Å². The van der Waals surface area contributed by atoms with Crippen molar-refractivity contribution in [3.8, 4) is 6.07 Å². The molecule has 0 saturated heterocycles. The lowest BCUT2D eigenvalue weighted by Crippen LogP contribution is -2.43. The van der Waals surface area contributed by atoms with Gasteiger partial charge in [-0.3, -0.25) is 5.73 Å². The molecule has 3 nitrogen and oxygen atoms in total. The van der Waals surface area contributed by atoms with Crippen LogP contribution >= 0.6 is 0 Å². The summed E-state index contributed by atoms with van der Waals surface area (Å²) in [5.74, 6) is -0.226. The van der Waals surface area contributed by atoms with Crippen molar-refractivity contribution >= 4 is 6.08 Å². The number of hydrogen-bond acceptors (Lipinski definition) is 3. The second kappa shape index (κ2) is 8.67. The molecule has 0 radical (unpaired) electrons. The smallest absolute Gasteiger partial charge is 0.139 e. The van der Waals surface area contributed by atoms with Gasteiger partial charge in [-0.2, -0.15) is 5.26 Å². The lowest BCUT2D eigenvalue weighted by Gasteiger charge is -2.32. The van der Waals surface area contributed by atoms with Crippen LogP contribution in [0.1, 0.15) is 44.6 Å². The molecule has 2 atom stereocenters. The van der Waals surface area contributed by atoms with Crippen LogP contribution in [0.5, 0.6) is 0 Å². The van der Waals surface area contributed by atoms with Crippen LogP contribution in [0.25, 0.3) is 6.08 Å². The fourth-order valence-electron chi connectivity index (χ4n) is 2.79. The quantitative estimate of drug-likeness (QED) is 0.460. The van der Waals surface area contributed by atoms with Crippen molar-refractivity contribution in [2.75, 3.05) is 6.61 Å². The molecule has 1 aliphatic rings.